The van der Waals surface area contributed by atoms with Crippen LogP contribution in [0, 0.1) is 5.92 Å². The Hall–Kier alpha value is -0.810. The molecular weight excluding hydrogens is 206 g/mol. The van der Waals surface area contributed by atoms with Gasteiger partial charge in [0.2, 0.25) is 0 Å². The highest BCUT2D eigenvalue weighted by Crippen LogP contribution is 2.22. The van der Waals surface area contributed by atoms with Crippen LogP contribution in [-0.2, 0) is 4.74 Å². The number of rotatable bonds is 6. The van der Waals surface area contributed by atoms with E-state index in [1.54, 1.807) is 0 Å². The van der Waals surface area contributed by atoms with Crippen molar-refractivity contribution in [2.75, 3.05) is 13.2 Å². The van der Waals surface area contributed by atoms with Crippen LogP contribution < -0.4 is 11.1 Å². The largest absolute Gasteiger partial charge is 0.409 e. The van der Waals surface area contributed by atoms with Gasteiger partial charge in [0.25, 0.3) is 0 Å². The second kappa shape index (κ2) is 6.70. The quantitative estimate of drug-likeness (QED) is 0.274. The second-order valence-electron chi connectivity index (χ2n) is 4.26. The second-order valence-corrected chi connectivity index (χ2v) is 4.26. The molecule has 0 radical (unpaired) electrons. The number of amidine groups is 1. The van der Waals surface area contributed by atoms with Crippen molar-refractivity contribution in [3.63, 3.8) is 0 Å². The van der Waals surface area contributed by atoms with E-state index >= 15 is 0 Å². The molecule has 1 heterocycles. The number of hydrogen-bond donors (Lipinski definition) is 3. The van der Waals surface area contributed by atoms with Crippen LogP contribution in [0.3, 0.4) is 0 Å². The van der Waals surface area contributed by atoms with Gasteiger partial charge in [-0.1, -0.05) is 19.0 Å². The van der Waals surface area contributed by atoms with E-state index in [2.05, 4.69) is 17.4 Å². The van der Waals surface area contributed by atoms with Crippen LogP contribution in [-0.4, -0.2) is 36.3 Å². The van der Waals surface area contributed by atoms with Crippen molar-refractivity contribution in [2.45, 2.75) is 45.3 Å². The van der Waals surface area contributed by atoms with Crippen LogP contribution in [0.5, 0.6) is 0 Å². The summed E-state index contributed by atoms with van der Waals surface area (Å²) in [6.45, 7) is 5.88. The lowest BCUT2D eigenvalue weighted by Crippen LogP contribution is -2.44. The highest BCUT2D eigenvalue weighted by atomic mass is 16.5. The fourth-order valence-electron chi connectivity index (χ4n) is 2.20. The van der Waals surface area contributed by atoms with Crippen LogP contribution in [0.2, 0.25) is 0 Å². The first-order valence-electron chi connectivity index (χ1n) is 6.05. The Morgan fingerprint density at radius 1 is 1.62 bits per heavy atom. The number of ether oxygens (including phenoxy) is 1. The van der Waals surface area contributed by atoms with Crippen molar-refractivity contribution in [3.8, 4) is 0 Å². The van der Waals surface area contributed by atoms with E-state index in [0.717, 1.165) is 32.4 Å². The summed E-state index contributed by atoms with van der Waals surface area (Å²) >= 11 is 0. The van der Waals surface area contributed by atoms with E-state index in [0.29, 0.717) is 12.0 Å². The molecule has 94 valence electrons. The predicted octanol–water partition coefficient (Wildman–Crippen LogP) is 0.916. The van der Waals surface area contributed by atoms with Crippen molar-refractivity contribution in [1.29, 1.82) is 0 Å². The lowest BCUT2D eigenvalue weighted by molar-refractivity contribution is 0.0870. The SMILES string of the molecule is CCC(NCC1CCOC1CC)C(N)=NO. The summed E-state index contributed by atoms with van der Waals surface area (Å²) in [5, 5.41) is 15.0. The van der Waals surface area contributed by atoms with Gasteiger partial charge in [-0.25, -0.2) is 0 Å². The standard InChI is InChI=1S/C11H23N3O2/c1-3-9(11(12)14-15)13-7-8-5-6-16-10(8)4-2/h8-10,13,15H,3-7H2,1-2H3,(H2,12,14). The van der Waals surface area contributed by atoms with Gasteiger partial charge in [0.15, 0.2) is 5.84 Å². The number of nitrogens with zero attached hydrogens (tertiary/aromatic N) is 1. The molecule has 1 rings (SSSR count). The number of nitrogens with one attached hydrogen (secondary N) is 1. The van der Waals surface area contributed by atoms with Crippen LogP contribution in [0.15, 0.2) is 5.16 Å². The fourth-order valence-corrected chi connectivity index (χ4v) is 2.20. The maximum absolute atomic E-state index is 8.62. The van der Waals surface area contributed by atoms with Crippen LogP contribution in [0.4, 0.5) is 0 Å². The predicted molar refractivity (Wildman–Crippen MR) is 63.6 cm³/mol. The molecular formula is C11H23N3O2. The Bertz CT molecular complexity index is 233. The molecule has 0 amide bonds. The normalized spacial score (nSPS) is 28.2. The van der Waals surface area contributed by atoms with E-state index < -0.39 is 0 Å². The molecule has 1 fully saturated rings. The summed E-state index contributed by atoms with van der Waals surface area (Å²) in [4.78, 5) is 0. The van der Waals surface area contributed by atoms with Crippen molar-refractivity contribution >= 4 is 5.84 Å². The molecule has 0 bridgehead atoms. The van der Waals surface area contributed by atoms with Crippen molar-refractivity contribution in [1.82, 2.24) is 5.32 Å². The molecule has 16 heavy (non-hydrogen) atoms. The lowest BCUT2D eigenvalue weighted by atomic mass is 9.99. The van der Waals surface area contributed by atoms with Gasteiger partial charge in [-0.05, 0) is 25.2 Å². The summed E-state index contributed by atoms with van der Waals surface area (Å²) in [6.07, 6.45) is 3.32. The Morgan fingerprint density at radius 3 is 2.94 bits per heavy atom. The first-order valence-corrected chi connectivity index (χ1v) is 6.05. The van der Waals surface area contributed by atoms with E-state index in [4.69, 9.17) is 15.7 Å². The molecule has 1 saturated heterocycles. The van der Waals surface area contributed by atoms with Crippen LogP contribution in [0.25, 0.3) is 0 Å². The number of nitrogens with two attached hydrogens (primary N) is 1. The molecule has 0 saturated carbocycles. The van der Waals surface area contributed by atoms with Gasteiger partial charge in [0, 0.05) is 13.2 Å². The Kier molecular flexibility index (Phi) is 5.55. The lowest BCUT2D eigenvalue weighted by Gasteiger charge is -2.21. The highest BCUT2D eigenvalue weighted by molar-refractivity contribution is 5.85. The fraction of sp³-hybridized carbons (Fsp3) is 0.909. The summed E-state index contributed by atoms with van der Waals surface area (Å²) in [5.74, 6) is 0.806. The van der Waals surface area contributed by atoms with E-state index in [1.165, 1.54) is 0 Å². The van der Waals surface area contributed by atoms with Crippen molar-refractivity contribution < 1.29 is 9.94 Å². The summed E-state index contributed by atoms with van der Waals surface area (Å²) in [7, 11) is 0. The van der Waals surface area contributed by atoms with Gasteiger partial charge in [-0.15, -0.1) is 0 Å². The minimum Gasteiger partial charge on any atom is -0.409 e. The van der Waals surface area contributed by atoms with Gasteiger partial charge in [0.05, 0.1) is 12.1 Å². The number of hydrogen-bond acceptors (Lipinski definition) is 4. The highest BCUT2D eigenvalue weighted by Gasteiger charge is 2.27. The molecule has 1 aliphatic rings. The monoisotopic (exact) mass is 229 g/mol. The summed E-state index contributed by atoms with van der Waals surface area (Å²) in [5.41, 5.74) is 5.59. The maximum Gasteiger partial charge on any atom is 0.156 e. The van der Waals surface area contributed by atoms with E-state index in [-0.39, 0.29) is 11.9 Å². The third-order valence-electron chi connectivity index (χ3n) is 3.26. The third-order valence-corrected chi connectivity index (χ3v) is 3.26. The zero-order valence-electron chi connectivity index (χ0n) is 10.1. The van der Waals surface area contributed by atoms with Gasteiger partial charge < -0.3 is 21.0 Å². The Morgan fingerprint density at radius 2 is 2.38 bits per heavy atom. The molecule has 0 aliphatic carbocycles. The van der Waals surface area contributed by atoms with E-state index in [1.807, 2.05) is 6.92 Å². The minimum atomic E-state index is -0.0388. The maximum atomic E-state index is 8.62. The molecule has 0 spiro atoms. The van der Waals surface area contributed by atoms with Gasteiger partial charge in [-0.3, -0.25) is 0 Å². The molecule has 0 aromatic heterocycles. The molecule has 1 aliphatic heterocycles. The van der Waals surface area contributed by atoms with Gasteiger partial charge in [-0.2, -0.15) is 0 Å². The van der Waals surface area contributed by atoms with Crippen molar-refractivity contribution in [2.24, 2.45) is 16.8 Å². The minimum absolute atomic E-state index is 0.0388. The summed E-state index contributed by atoms with van der Waals surface area (Å²) < 4.78 is 5.62. The van der Waals surface area contributed by atoms with E-state index in [9.17, 15) is 0 Å². The zero-order chi connectivity index (χ0) is 12.0. The zero-order valence-corrected chi connectivity index (χ0v) is 10.1. The van der Waals surface area contributed by atoms with Gasteiger partial charge >= 0.3 is 0 Å². The average Bonchev–Trinajstić information content (AvgIpc) is 2.76. The average molecular weight is 229 g/mol. The number of oxime groups is 1. The molecule has 3 atom stereocenters. The third kappa shape index (κ3) is 3.35. The molecule has 0 aromatic rings. The summed E-state index contributed by atoms with van der Waals surface area (Å²) in [6, 6.07) is -0.0388. The van der Waals surface area contributed by atoms with Gasteiger partial charge in [0.1, 0.15) is 0 Å². The Labute approximate surface area is 97.0 Å². The molecule has 0 aromatic carbocycles. The Balaban J connectivity index is 2.37. The molecule has 4 N–H and O–H groups in total. The first kappa shape index (κ1) is 13.3. The van der Waals surface area contributed by atoms with Crippen LogP contribution >= 0.6 is 0 Å². The van der Waals surface area contributed by atoms with Crippen LogP contribution in [0.1, 0.15) is 33.1 Å². The molecule has 5 nitrogen and oxygen atoms in total. The first-order chi connectivity index (χ1) is 7.72. The molecule has 3 unspecified atom stereocenters. The van der Waals surface area contributed by atoms with Crippen molar-refractivity contribution in [3.05, 3.63) is 0 Å². The smallest absolute Gasteiger partial charge is 0.156 e. The topological polar surface area (TPSA) is 79.9 Å². The molecule has 5 heteroatoms.